The monoisotopic (exact) mass is 506 g/mol. The van der Waals surface area contributed by atoms with E-state index in [-0.39, 0.29) is 17.4 Å². The first-order chi connectivity index (χ1) is 16.0. The fraction of sp³-hybridized carbons (Fsp3) is 0.261. The summed E-state index contributed by atoms with van der Waals surface area (Å²) >= 11 is 0. The van der Waals surface area contributed by atoms with E-state index in [2.05, 4.69) is 4.98 Å². The number of hydrogen-bond acceptors (Lipinski definition) is 2. The van der Waals surface area contributed by atoms with Crippen LogP contribution in [-0.2, 0) is 18.3 Å². The van der Waals surface area contributed by atoms with Gasteiger partial charge in [-0.1, -0.05) is 18.2 Å². The number of alkyl halides is 9. The van der Waals surface area contributed by atoms with Gasteiger partial charge in [-0.25, -0.2) is 4.98 Å². The van der Waals surface area contributed by atoms with Crippen molar-refractivity contribution in [1.29, 1.82) is 0 Å². The highest BCUT2D eigenvalue weighted by Crippen LogP contribution is 2.50. The highest BCUT2D eigenvalue weighted by molar-refractivity contribution is 5.83. The molecule has 0 aliphatic heterocycles. The van der Waals surface area contributed by atoms with E-state index >= 15 is 0 Å². The molecule has 2 aromatic carbocycles. The van der Waals surface area contributed by atoms with Crippen molar-refractivity contribution >= 4 is 21.8 Å². The molecule has 4 rings (SSSR count). The first kappa shape index (κ1) is 24.8. The molecular formula is C23H15F9N2O. The van der Waals surface area contributed by atoms with E-state index in [1.807, 2.05) is 0 Å². The molecule has 35 heavy (non-hydrogen) atoms. The van der Waals surface area contributed by atoms with Gasteiger partial charge < -0.3 is 9.67 Å². The summed E-state index contributed by atoms with van der Waals surface area (Å²) in [7, 11) is 0. The number of aliphatic hydroxyl groups is 1. The number of nitrogens with zero attached hydrogens (tertiary/aromatic N) is 2. The summed E-state index contributed by atoms with van der Waals surface area (Å²) in [5.41, 5.74) is -5.90. The van der Waals surface area contributed by atoms with Crippen LogP contribution >= 0.6 is 0 Å². The van der Waals surface area contributed by atoms with Crippen LogP contribution in [0.4, 0.5) is 39.5 Å². The number of rotatable bonds is 3. The van der Waals surface area contributed by atoms with E-state index in [9.17, 15) is 44.6 Å². The third kappa shape index (κ3) is 4.19. The Morgan fingerprint density at radius 2 is 1.43 bits per heavy atom. The van der Waals surface area contributed by atoms with Crippen LogP contribution in [0.5, 0.6) is 0 Å². The van der Waals surface area contributed by atoms with E-state index in [0.717, 1.165) is 12.1 Å². The van der Waals surface area contributed by atoms with Crippen LogP contribution in [0.25, 0.3) is 21.8 Å². The maximum atomic E-state index is 13.2. The van der Waals surface area contributed by atoms with Crippen LogP contribution in [0.1, 0.15) is 22.5 Å². The number of halogens is 9. The van der Waals surface area contributed by atoms with Crippen molar-refractivity contribution in [1.82, 2.24) is 9.55 Å². The molecule has 0 unspecified atom stereocenters. The van der Waals surface area contributed by atoms with Crippen molar-refractivity contribution in [2.45, 2.75) is 37.6 Å². The van der Waals surface area contributed by atoms with Gasteiger partial charge in [-0.05, 0) is 48.9 Å². The molecule has 0 aliphatic carbocycles. The van der Waals surface area contributed by atoms with Crippen LogP contribution in [0.2, 0.25) is 0 Å². The SMILES string of the molecule is Cc1cc2cc(C(O)(C(F)(F)F)C(F)(F)F)ccc2n1Cc1ccc2nc(C(F)(F)F)ccc2c1. The number of fused-ring (bicyclic) bond motifs is 2. The number of aromatic nitrogens is 2. The summed E-state index contributed by atoms with van der Waals surface area (Å²) in [6.45, 7) is 1.73. The van der Waals surface area contributed by atoms with Gasteiger partial charge >= 0.3 is 18.5 Å². The molecule has 1 N–H and O–H groups in total. The third-order valence-corrected chi connectivity index (χ3v) is 5.73. The topological polar surface area (TPSA) is 38.0 Å². The lowest BCUT2D eigenvalue weighted by molar-refractivity contribution is -0.376. The number of pyridine rings is 1. The van der Waals surface area contributed by atoms with Gasteiger partial charge in [0, 0.05) is 34.1 Å². The standard InChI is InChI=1S/C23H15F9N2O/c1-12-8-15-10-16(20(35,22(27,28)29)23(30,31)32)4-6-18(15)34(12)11-13-2-5-17-14(9-13)3-7-19(33-17)21(24,25)26/h2-10,35H,11H2,1H3. The van der Waals surface area contributed by atoms with Crippen LogP contribution in [0.15, 0.2) is 54.6 Å². The molecule has 186 valence electrons. The summed E-state index contributed by atoms with van der Waals surface area (Å²) in [5, 5.41) is 10.1. The predicted octanol–water partition coefficient (Wildman–Crippen LogP) is 6.88. The first-order valence-corrected chi connectivity index (χ1v) is 9.95. The second-order valence-corrected chi connectivity index (χ2v) is 8.07. The van der Waals surface area contributed by atoms with Crippen LogP contribution in [0.3, 0.4) is 0 Å². The normalized spacial score (nSPS) is 13.7. The zero-order chi connectivity index (χ0) is 26.0. The average molecular weight is 506 g/mol. The molecule has 0 fully saturated rings. The molecule has 0 radical (unpaired) electrons. The van der Waals surface area contributed by atoms with Crippen molar-refractivity contribution in [3.63, 3.8) is 0 Å². The molecule has 4 aromatic rings. The van der Waals surface area contributed by atoms with Crippen LogP contribution in [-0.4, -0.2) is 27.0 Å². The third-order valence-electron chi connectivity index (χ3n) is 5.73. The summed E-state index contributed by atoms with van der Waals surface area (Å²) < 4.78 is 120. The Balaban J connectivity index is 1.73. The fourth-order valence-corrected chi connectivity index (χ4v) is 3.95. The molecule has 0 aliphatic rings. The highest BCUT2D eigenvalue weighted by atomic mass is 19.4. The summed E-state index contributed by atoms with van der Waals surface area (Å²) in [6.07, 6.45) is -16.6. The van der Waals surface area contributed by atoms with Crippen molar-refractivity contribution in [2.75, 3.05) is 0 Å². The maximum Gasteiger partial charge on any atom is 0.433 e. The Labute approximate surface area is 191 Å². The van der Waals surface area contributed by atoms with Crippen molar-refractivity contribution in [3.05, 3.63) is 77.1 Å². The van der Waals surface area contributed by atoms with Crippen LogP contribution < -0.4 is 0 Å². The predicted molar refractivity (Wildman–Crippen MR) is 109 cm³/mol. The van der Waals surface area contributed by atoms with Gasteiger partial charge in [0.25, 0.3) is 5.60 Å². The minimum absolute atomic E-state index is 0.0456. The zero-order valence-electron chi connectivity index (χ0n) is 17.6. The zero-order valence-corrected chi connectivity index (χ0v) is 17.6. The molecule has 0 spiro atoms. The smallest absolute Gasteiger partial charge is 0.369 e. The lowest BCUT2D eigenvalue weighted by atomic mass is 9.91. The molecule has 3 nitrogen and oxygen atoms in total. The Morgan fingerprint density at radius 1 is 0.771 bits per heavy atom. The Morgan fingerprint density at radius 3 is 2.03 bits per heavy atom. The van der Waals surface area contributed by atoms with Crippen molar-refractivity contribution < 1.29 is 44.6 Å². The lowest BCUT2D eigenvalue weighted by Crippen LogP contribution is -2.53. The minimum atomic E-state index is -6.00. The Kier molecular flexibility index (Phi) is 5.58. The molecule has 0 atom stereocenters. The molecular weight excluding hydrogens is 491 g/mol. The molecule has 0 bridgehead atoms. The van der Waals surface area contributed by atoms with Crippen molar-refractivity contribution in [3.8, 4) is 0 Å². The second kappa shape index (κ2) is 7.87. The average Bonchev–Trinajstić information content (AvgIpc) is 3.04. The largest absolute Gasteiger partial charge is 0.433 e. The number of aryl methyl sites for hydroxylation is 1. The highest BCUT2D eigenvalue weighted by Gasteiger charge is 2.71. The number of hydrogen-bond donors (Lipinski definition) is 1. The van der Waals surface area contributed by atoms with Gasteiger partial charge in [-0.3, -0.25) is 0 Å². The van der Waals surface area contributed by atoms with Gasteiger partial charge in [0.15, 0.2) is 0 Å². The first-order valence-electron chi connectivity index (χ1n) is 9.95. The van der Waals surface area contributed by atoms with Crippen molar-refractivity contribution in [2.24, 2.45) is 0 Å². The minimum Gasteiger partial charge on any atom is -0.369 e. The van der Waals surface area contributed by atoms with E-state index in [4.69, 9.17) is 0 Å². The molecule has 0 amide bonds. The summed E-state index contributed by atoms with van der Waals surface area (Å²) in [6, 6.07) is 10.3. The van der Waals surface area contributed by atoms with Gasteiger partial charge in [0.1, 0.15) is 5.69 Å². The van der Waals surface area contributed by atoms with E-state index in [1.165, 1.54) is 24.3 Å². The summed E-state index contributed by atoms with van der Waals surface area (Å²) in [5.74, 6) is 0. The molecule has 0 saturated heterocycles. The van der Waals surface area contributed by atoms with Gasteiger partial charge in [-0.2, -0.15) is 39.5 Å². The molecule has 12 heteroatoms. The van der Waals surface area contributed by atoms with Gasteiger partial charge in [0.05, 0.1) is 5.52 Å². The van der Waals surface area contributed by atoms with Crippen LogP contribution in [0, 0.1) is 6.92 Å². The molecule has 0 saturated carbocycles. The second-order valence-electron chi connectivity index (χ2n) is 8.07. The fourth-order valence-electron chi connectivity index (χ4n) is 3.95. The molecule has 2 heterocycles. The maximum absolute atomic E-state index is 13.2. The number of benzene rings is 2. The summed E-state index contributed by atoms with van der Waals surface area (Å²) in [4.78, 5) is 3.59. The van der Waals surface area contributed by atoms with E-state index in [1.54, 1.807) is 17.6 Å². The Hall–Kier alpha value is -3.28. The Bertz CT molecular complexity index is 1400. The quantitative estimate of drug-likeness (QED) is 0.308. The molecule has 2 aromatic heterocycles. The van der Waals surface area contributed by atoms with E-state index < -0.39 is 35.4 Å². The lowest BCUT2D eigenvalue weighted by Gasteiger charge is -2.32. The van der Waals surface area contributed by atoms with Gasteiger partial charge in [0.2, 0.25) is 0 Å². The van der Waals surface area contributed by atoms with Gasteiger partial charge in [-0.15, -0.1) is 0 Å². The van der Waals surface area contributed by atoms with E-state index in [0.29, 0.717) is 34.3 Å².